The first kappa shape index (κ1) is 10.8. The molecule has 0 unspecified atom stereocenters. The smallest absolute Gasteiger partial charge is 0.212 e. The van der Waals surface area contributed by atoms with Crippen molar-refractivity contribution >= 4 is 10.9 Å². The van der Waals surface area contributed by atoms with Crippen LogP contribution in [-0.4, -0.2) is 22.3 Å². The summed E-state index contributed by atoms with van der Waals surface area (Å²) in [6.07, 6.45) is 1.81. The minimum absolute atomic E-state index is 0.621. The average Bonchev–Trinajstić information content (AvgIpc) is 2.80. The maximum Gasteiger partial charge on any atom is 0.212 e. The molecule has 4 nitrogen and oxygen atoms in total. The summed E-state index contributed by atoms with van der Waals surface area (Å²) in [7, 11) is 1.61. The Kier molecular flexibility index (Phi) is 2.48. The van der Waals surface area contributed by atoms with E-state index in [4.69, 9.17) is 4.74 Å². The number of benzene rings is 1. The zero-order valence-corrected chi connectivity index (χ0v) is 10.3. The Morgan fingerprint density at radius 3 is 2.67 bits per heavy atom. The predicted molar refractivity (Wildman–Crippen MR) is 70.6 cm³/mol. The van der Waals surface area contributed by atoms with Gasteiger partial charge in [-0.25, -0.2) is 4.98 Å². The molecule has 0 saturated heterocycles. The van der Waals surface area contributed by atoms with Gasteiger partial charge < -0.3 is 4.74 Å². The lowest BCUT2D eigenvalue weighted by Gasteiger charge is -2.03. The van der Waals surface area contributed by atoms with E-state index in [2.05, 4.69) is 33.4 Å². The standard InChI is InChI=1S/C14H13N3O/c1-9-12-5-3-10(7-13(12)17-16-9)11-4-6-14(18-2)15-8-11/h3-8H,1-2H3,(H,16,17). The third-order valence-electron chi connectivity index (χ3n) is 3.02. The van der Waals surface area contributed by atoms with Gasteiger partial charge in [-0.05, 0) is 24.6 Å². The van der Waals surface area contributed by atoms with Gasteiger partial charge in [0.15, 0.2) is 0 Å². The molecule has 1 aromatic carbocycles. The third kappa shape index (κ3) is 1.72. The highest BCUT2D eigenvalue weighted by Gasteiger charge is 2.04. The summed E-state index contributed by atoms with van der Waals surface area (Å²) in [5, 5.41) is 8.41. The Morgan fingerprint density at radius 2 is 1.94 bits per heavy atom. The summed E-state index contributed by atoms with van der Waals surface area (Å²) >= 11 is 0. The molecule has 1 N–H and O–H groups in total. The van der Waals surface area contributed by atoms with Crippen molar-refractivity contribution < 1.29 is 4.74 Å². The van der Waals surface area contributed by atoms with Crippen molar-refractivity contribution in [2.75, 3.05) is 7.11 Å². The molecule has 0 atom stereocenters. The van der Waals surface area contributed by atoms with Crippen LogP contribution in [-0.2, 0) is 0 Å². The van der Waals surface area contributed by atoms with Crippen molar-refractivity contribution in [2.45, 2.75) is 6.92 Å². The number of ether oxygens (including phenoxy) is 1. The highest BCUT2D eigenvalue weighted by molar-refractivity contribution is 5.85. The monoisotopic (exact) mass is 239 g/mol. The molecule has 90 valence electrons. The second kappa shape index (κ2) is 4.14. The highest BCUT2D eigenvalue weighted by atomic mass is 16.5. The van der Waals surface area contributed by atoms with Crippen molar-refractivity contribution in [2.24, 2.45) is 0 Å². The summed E-state index contributed by atoms with van der Waals surface area (Å²) in [4.78, 5) is 4.21. The Balaban J connectivity index is 2.07. The molecule has 0 aliphatic heterocycles. The SMILES string of the molecule is COc1ccc(-c2ccc3c(C)[nH]nc3c2)cn1. The highest BCUT2D eigenvalue weighted by Crippen LogP contribution is 2.25. The van der Waals surface area contributed by atoms with Crippen LogP contribution in [0.3, 0.4) is 0 Å². The number of nitrogens with one attached hydrogen (secondary N) is 1. The summed E-state index contributed by atoms with van der Waals surface area (Å²) in [5.74, 6) is 0.621. The number of hydrogen-bond donors (Lipinski definition) is 1. The topological polar surface area (TPSA) is 50.8 Å². The fraction of sp³-hybridized carbons (Fsp3) is 0.143. The second-order valence-corrected chi connectivity index (χ2v) is 4.17. The van der Waals surface area contributed by atoms with Crippen LogP contribution < -0.4 is 4.74 Å². The fourth-order valence-corrected chi connectivity index (χ4v) is 2.00. The minimum Gasteiger partial charge on any atom is -0.481 e. The maximum absolute atomic E-state index is 5.05. The molecule has 0 bridgehead atoms. The average molecular weight is 239 g/mol. The van der Waals surface area contributed by atoms with Crippen LogP contribution in [0, 0.1) is 6.92 Å². The number of aromatic nitrogens is 3. The van der Waals surface area contributed by atoms with E-state index >= 15 is 0 Å². The van der Waals surface area contributed by atoms with Gasteiger partial charge in [0.1, 0.15) is 0 Å². The van der Waals surface area contributed by atoms with Gasteiger partial charge in [0.2, 0.25) is 5.88 Å². The van der Waals surface area contributed by atoms with Crippen LogP contribution in [0.4, 0.5) is 0 Å². The quantitative estimate of drug-likeness (QED) is 0.748. The number of nitrogens with zero attached hydrogens (tertiary/aromatic N) is 2. The molecule has 2 heterocycles. The number of aryl methyl sites for hydroxylation is 1. The van der Waals surface area contributed by atoms with Gasteiger partial charge in [-0.1, -0.05) is 12.1 Å². The van der Waals surface area contributed by atoms with Crippen LogP contribution in [0.5, 0.6) is 5.88 Å². The first-order valence-electron chi connectivity index (χ1n) is 5.73. The minimum atomic E-state index is 0.621. The third-order valence-corrected chi connectivity index (χ3v) is 3.02. The van der Waals surface area contributed by atoms with Gasteiger partial charge in [0, 0.05) is 28.9 Å². The first-order chi connectivity index (χ1) is 8.78. The van der Waals surface area contributed by atoms with Crippen molar-refractivity contribution in [1.29, 1.82) is 0 Å². The van der Waals surface area contributed by atoms with Crippen LogP contribution in [0.25, 0.3) is 22.0 Å². The molecule has 3 rings (SSSR count). The van der Waals surface area contributed by atoms with E-state index in [-0.39, 0.29) is 0 Å². The van der Waals surface area contributed by atoms with Crippen molar-refractivity contribution in [3.8, 4) is 17.0 Å². The lowest BCUT2D eigenvalue weighted by Crippen LogP contribution is -1.87. The molecule has 4 heteroatoms. The van der Waals surface area contributed by atoms with Crippen LogP contribution in [0.15, 0.2) is 36.5 Å². The molecule has 18 heavy (non-hydrogen) atoms. The summed E-state index contributed by atoms with van der Waals surface area (Å²) in [6.45, 7) is 2.02. The Morgan fingerprint density at radius 1 is 1.11 bits per heavy atom. The Hall–Kier alpha value is -2.36. The number of hydrogen-bond acceptors (Lipinski definition) is 3. The van der Waals surface area contributed by atoms with E-state index in [1.54, 1.807) is 13.3 Å². The van der Waals surface area contributed by atoms with Crippen LogP contribution in [0.1, 0.15) is 5.69 Å². The van der Waals surface area contributed by atoms with E-state index < -0.39 is 0 Å². The number of aromatic amines is 1. The zero-order valence-electron chi connectivity index (χ0n) is 10.3. The largest absolute Gasteiger partial charge is 0.481 e. The molecule has 0 spiro atoms. The van der Waals surface area contributed by atoms with Crippen molar-refractivity contribution in [3.63, 3.8) is 0 Å². The Bertz CT molecular complexity index is 686. The summed E-state index contributed by atoms with van der Waals surface area (Å²) in [6, 6.07) is 10.1. The van der Waals surface area contributed by atoms with E-state index in [0.717, 1.165) is 27.7 Å². The van der Waals surface area contributed by atoms with E-state index in [9.17, 15) is 0 Å². The molecular formula is C14H13N3O. The van der Waals surface area contributed by atoms with Crippen molar-refractivity contribution in [3.05, 3.63) is 42.2 Å². The van der Waals surface area contributed by atoms with Gasteiger partial charge >= 0.3 is 0 Å². The Labute approximate surface area is 105 Å². The normalized spacial score (nSPS) is 10.8. The van der Waals surface area contributed by atoms with Crippen LogP contribution >= 0.6 is 0 Å². The molecule has 2 aromatic heterocycles. The summed E-state index contributed by atoms with van der Waals surface area (Å²) < 4.78 is 5.05. The van der Waals surface area contributed by atoms with Gasteiger partial charge in [0.25, 0.3) is 0 Å². The van der Waals surface area contributed by atoms with E-state index in [0.29, 0.717) is 5.88 Å². The number of pyridine rings is 1. The number of methoxy groups -OCH3 is 1. The lowest BCUT2D eigenvalue weighted by molar-refractivity contribution is 0.398. The molecular weight excluding hydrogens is 226 g/mol. The molecule has 0 aliphatic carbocycles. The van der Waals surface area contributed by atoms with Crippen molar-refractivity contribution in [1.82, 2.24) is 15.2 Å². The fourth-order valence-electron chi connectivity index (χ4n) is 2.00. The number of H-pyrrole nitrogens is 1. The molecule has 0 saturated carbocycles. The van der Waals surface area contributed by atoms with Gasteiger partial charge in [-0.2, -0.15) is 5.10 Å². The van der Waals surface area contributed by atoms with Gasteiger partial charge in [0.05, 0.1) is 12.6 Å². The molecule has 3 aromatic rings. The van der Waals surface area contributed by atoms with Crippen LogP contribution in [0.2, 0.25) is 0 Å². The van der Waals surface area contributed by atoms with E-state index in [1.165, 1.54) is 0 Å². The predicted octanol–water partition coefficient (Wildman–Crippen LogP) is 2.94. The summed E-state index contributed by atoms with van der Waals surface area (Å²) in [5.41, 5.74) is 4.22. The number of rotatable bonds is 2. The maximum atomic E-state index is 5.05. The van der Waals surface area contributed by atoms with Gasteiger partial charge in [-0.3, -0.25) is 5.10 Å². The number of fused-ring (bicyclic) bond motifs is 1. The van der Waals surface area contributed by atoms with E-state index in [1.807, 2.05) is 19.1 Å². The molecule has 0 radical (unpaired) electrons. The molecule has 0 amide bonds. The first-order valence-corrected chi connectivity index (χ1v) is 5.73. The molecule has 0 fully saturated rings. The zero-order chi connectivity index (χ0) is 12.5. The molecule has 0 aliphatic rings. The van der Waals surface area contributed by atoms with Gasteiger partial charge in [-0.15, -0.1) is 0 Å². The second-order valence-electron chi connectivity index (χ2n) is 4.17. The lowest BCUT2D eigenvalue weighted by atomic mass is 10.1.